The molecule has 1 aromatic rings. The van der Waals surface area contributed by atoms with E-state index >= 15 is 0 Å². The topological polar surface area (TPSA) is 70.6 Å². The number of benzene rings is 1. The fourth-order valence-corrected chi connectivity index (χ4v) is 1.49. The molecule has 3 N–H and O–H groups in total. The van der Waals surface area contributed by atoms with Gasteiger partial charge in [-0.1, -0.05) is 11.6 Å². The smallest absolute Gasteiger partial charge is 0.238 e. The third-order valence-corrected chi connectivity index (χ3v) is 2.31. The Hall–Kier alpha value is -1.30. The second-order valence-corrected chi connectivity index (χ2v) is 3.71. The highest BCUT2D eigenvalue weighted by Gasteiger charge is 2.05. The Kier molecular flexibility index (Phi) is 5.76. The zero-order chi connectivity index (χ0) is 12.7. The van der Waals surface area contributed by atoms with Gasteiger partial charge in [0.15, 0.2) is 0 Å². The molecule has 0 saturated heterocycles. The van der Waals surface area contributed by atoms with E-state index in [4.69, 9.17) is 21.4 Å². The number of rotatable bonds is 6. The summed E-state index contributed by atoms with van der Waals surface area (Å²) in [5.74, 6) is 0.364. The van der Waals surface area contributed by atoms with Crippen LogP contribution < -0.4 is 15.4 Å². The van der Waals surface area contributed by atoms with Gasteiger partial charge in [0.25, 0.3) is 0 Å². The van der Waals surface area contributed by atoms with Crippen LogP contribution in [0.15, 0.2) is 18.2 Å². The highest BCUT2D eigenvalue weighted by molar-refractivity contribution is 6.32. The number of ether oxygens (including phenoxy) is 1. The number of hydrogen-bond acceptors (Lipinski definition) is 4. The van der Waals surface area contributed by atoms with Crippen molar-refractivity contribution in [3.63, 3.8) is 0 Å². The summed E-state index contributed by atoms with van der Waals surface area (Å²) in [6.07, 6.45) is 0. The van der Waals surface area contributed by atoms with Gasteiger partial charge in [0.1, 0.15) is 5.75 Å². The zero-order valence-corrected chi connectivity index (χ0v) is 10.3. The molecule has 0 atom stereocenters. The predicted molar refractivity (Wildman–Crippen MR) is 66.6 cm³/mol. The average molecular weight is 259 g/mol. The van der Waals surface area contributed by atoms with Crippen molar-refractivity contribution >= 4 is 23.2 Å². The van der Waals surface area contributed by atoms with E-state index in [1.807, 2.05) is 0 Å². The summed E-state index contributed by atoms with van der Waals surface area (Å²) in [6.45, 7) is 0.530. The quantitative estimate of drug-likeness (QED) is 0.662. The van der Waals surface area contributed by atoms with Crippen molar-refractivity contribution in [2.24, 2.45) is 0 Å². The van der Waals surface area contributed by atoms with E-state index in [-0.39, 0.29) is 19.1 Å². The van der Waals surface area contributed by atoms with Crippen LogP contribution in [0.2, 0.25) is 5.02 Å². The van der Waals surface area contributed by atoms with Gasteiger partial charge in [-0.3, -0.25) is 4.79 Å². The maximum absolute atomic E-state index is 11.4. The lowest BCUT2D eigenvalue weighted by atomic mass is 10.3. The number of halogens is 1. The Morgan fingerprint density at radius 2 is 2.29 bits per heavy atom. The highest BCUT2D eigenvalue weighted by Crippen LogP contribution is 2.26. The van der Waals surface area contributed by atoms with Crippen molar-refractivity contribution in [3.05, 3.63) is 23.2 Å². The second kappa shape index (κ2) is 7.11. The fraction of sp³-hybridized carbons (Fsp3) is 0.364. The van der Waals surface area contributed by atoms with E-state index < -0.39 is 0 Å². The van der Waals surface area contributed by atoms with Gasteiger partial charge in [0.2, 0.25) is 5.91 Å². The first-order valence-corrected chi connectivity index (χ1v) is 5.50. The van der Waals surface area contributed by atoms with Crippen molar-refractivity contribution in [3.8, 4) is 5.75 Å². The first kappa shape index (κ1) is 13.8. The molecule has 0 bridgehead atoms. The summed E-state index contributed by atoms with van der Waals surface area (Å²) >= 11 is 5.91. The van der Waals surface area contributed by atoms with Crippen molar-refractivity contribution in [1.29, 1.82) is 0 Å². The number of amides is 1. The van der Waals surface area contributed by atoms with Gasteiger partial charge < -0.3 is 20.5 Å². The Morgan fingerprint density at radius 3 is 2.88 bits per heavy atom. The van der Waals surface area contributed by atoms with E-state index in [1.54, 1.807) is 18.2 Å². The molecular weight excluding hydrogens is 244 g/mol. The number of carbonyl (C=O) groups is 1. The van der Waals surface area contributed by atoms with Crippen LogP contribution in [-0.2, 0) is 4.79 Å². The SMILES string of the molecule is COc1ccc(NC(=O)CNCCO)cc1Cl. The molecule has 1 amide bonds. The van der Waals surface area contributed by atoms with Crippen LogP contribution in [0, 0.1) is 0 Å². The summed E-state index contributed by atoms with van der Waals surface area (Å²) in [6, 6.07) is 5.00. The highest BCUT2D eigenvalue weighted by atomic mass is 35.5. The summed E-state index contributed by atoms with van der Waals surface area (Å²) in [7, 11) is 1.53. The Morgan fingerprint density at radius 1 is 1.53 bits per heavy atom. The van der Waals surface area contributed by atoms with E-state index in [2.05, 4.69) is 10.6 Å². The molecular formula is C11H15ClN2O3. The summed E-state index contributed by atoms with van der Waals surface area (Å²) < 4.78 is 5.00. The van der Waals surface area contributed by atoms with Crippen LogP contribution in [0.5, 0.6) is 5.75 Å². The van der Waals surface area contributed by atoms with Crippen LogP contribution in [0.25, 0.3) is 0 Å². The molecule has 0 aliphatic heterocycles. The third-order valence-electron chi connectivity index (χ3n) is 2.01. The molecule has 5 nitrogen and oxygen atoms in total. The number of carbonyl (C=O) groups excluding carboxylic acids is 1. The number of aliphatic hydroxyl groups excluding tert-OH is 1. The minimum Gasteiger partial charge on any atom is -0.495 e. The molecule has 0 saturated carbocycles. The van der Waals surface area contributed by atoms with Gasteiger partial charge in [-0.05, 0) is 18.2 Å². The molecule has 0 aliphatic rings. The van der Waals surface area contributed by atoms with Gasteiger partial charge in [-0.25, -0.2) is 0 Å². The van der Waals surface area contributed by atoms with Crippen LogP contribution in [0.4, 0.5) is 5.69 Å². The van der Waals surface area contributed by atoms with Crippen LogP contribution >= 0.6 is 11.6 Å². The number of aliphatic hydroxyl groups is 1. The number of methoxy groups -OCH3 is 1. The average Bonchev–Trinajstić information content (AvgIpc) is 2.29. The summed E-state index contributed by atoms with van der Waals surface area (Å²) in [5.41, 5.74) is 0.603. The minimum absolute atomic E-state index is 0.00163. The maximum Gasteiger partial charge on any atom is 0.238 e. The van der Waals surface area contributed by atoms with Crippen LogP contribution in [0.1, 0.15) is 0 Å². The summed E-state index contributed by atoms with van der Waals surface area (Å²) in [5, 5.41) is 14.4. The van der Waals surface area contributed by atoms with Crippen molar-refractivity contribution in [2.75, 3.05) is 32.1 Å². The van der Waals surface area contributed by atoms with Crippen molar-refractivity contribution < 1.29 is 14.6 Å². The lowest BCUT2D eigenvalue weighted by Gasteiger charge is -2.08. The Bertz CT molecular complexity index is 385. The minimum atomic E-state index is -0.195. The Balaban J connectivity index is 2.51. The number of hydrogen-bond donors (Lipinski definition) is 3. The van der Waals surface area contributed by atoms with Crippen LogP contribution in [-0.4, -0.2) is 37.8 Å². The summed E-state index contributed by atoms with van der Waals surface area (Å²) in [4.78, 5) is 11.4. The van der Waals surface area contributed by atoms with Crippen molar-refractivity contribution in [1.82, 2.24) is 5.32 Å². The number of anilines is 1. The van der Waals surface area contributed by atoms with Gasteiger partial charge in [0.05, 0.1) is 25.3 Å². The molecule has 0 aromatic heterocycles. The van der Waals surface area contributed by atoms with E-state index in [9.17, 15) is 4.79 Å². The molecule has 0 aliphatic carbocycles. The molecule has 1 rings (SSSR count). The normalized spacial score (nSPS) is 10.1. The van der Waals surface area contributed by atoms with Gasteiger partial charge in [-0.2, -0.15) is 0 Å². The van der Waals surface area contributed by atoms with E-state index in [1.165, 1.54) is 7.11 Å². The molecule has 17 heavy (non-hydrogen) atoms. The van der Waals surface area contributed by atoms with Gasteiger partial charge >= 0.3 is 0 Å². The molecule has 0 heterocycles. The molecule has 0 spiro atoms. The maximum atomic E-state index is 11.4. The van der Waals surface area contributed by atoms with Gasteiger partial charge in [-0.15, -0.1) is 0 Å². The molecule has 0 fully saturated rings. The second-order valence-electron chi connectivity index (χ2n) is 3.30. The molecule has 0 radical (unpaired) electrons. The lowest BCUT2D eigenvalue weighted by Crippen LogP contribution is -2.29. The molecule has 6 heteroatoms. The number of nitrogens with one attached hydrogen (secondary N) is 2. The monoisotopic (exact) mass is 258 g/mol. The fourth-order valence-electron chi connectivity index (χ4n) is 1.23. The van der Waals surface area contributed by atoms with Crippen molar-refractivity contribution in [2.45, 2.75) is 0 Å². The first-order valence-electron chi connectivity index (χ1n) is 5.12. The third kappa shape index (κ3) is 4.60. The largest absolute Gasteiger partial charge is 0.495 e. The molecule has 0 unspecified atom stereocenters. The lowest BCUT2D eigenvalue weighted by molar-refractivity contribution is -0.115. The first-order chi connectivity index (χ1) is 8.17. The molecule has 1 aromatic carbocycles. The van der Waals surface area contributed by atoms with E-state index in [0.717, 1.165) is 0 Å². The zero-order valence-electron chi connectivity index (χ0n) is 9.50. The van der Waals surface area contributed by atoms with E-state index in [0.29, 0.717) is 23.0 Å². The predicted octanol–water partition coefficient (Wildman–Crippen LogP) is 0.869. The van der Waals surface area contributed by atoms with Crippen LogP contribution in [0.3, 0.4) is 0 Å². The van der Waals surface area contributed by atoms with Gasteiger partial charge in [0, 0.05) is 12.2 Å². The Labute approximate surface area is 105 Å². The standard InChI is InChI=1S/C11H15ClN2O3/c1-17-10-3-2-8(6-9(10)12)14-11(16)7-13-4-5-15/h2-3,6,13,15H,4-5,7H2,1H3,(H,14,16). The molecule has 94 valence electrons.